The number of hydrogen-bond donors (Lipinski definition) is 1. The van der Waals surface area contributed by atoms with Crippen LogP contribution in [0.15, 0.2) is 0 Å². The molecule has 0 saturated carbocycles. The van der Waals surface area contributed by atoms with Crippen LogP contribution in [0.3, 0.4) is 0 Å². The van der Waals surface area contributed by atoms with E-state index in [0.29, 0.717) is 0 Å². The Labute approximate surface area is 89.1 Å². The number of rotatable bonds is 2. The van der Waals surface area contributed by atoms with Crippen molar-refractivity contribution in [2.75, 3.05) is 7.11 Å². The van der Waals surface area contributed by atoms with Gasteiger partial charge >= 0.3 is 12.1 Å². The van der Waals surface area contributed by atoms with Crippen molar-refractivity contribution in [1.82, 2.24) is 5.09 Å². The predicted molar refractivity (Wildman–Crippen MR) is 54.4 cm³/mol. The maximum absolute atomic E-state index is 11.1. The zero-order valence-corrected chi connectivity index (χ0v) is 9.96. The van der Waals surface area contributed by atoms with Crippen molar-refractivity contribution in [2.24, 2.45) is 0 Å². The molecule has 86 valence electrons. The zero-order chi connectivity index (χ0) is 12.1. The molecule has 0 aliphatic carbocycles. The Morgan fingerprint density at radius 2 is 1.93 bits per heavy atom. The van der Waals surface area contributed by atoms with Gasteiger partial charge in [-0.2, -0.15) is 0 Å². The van der Waals surface area contributed by atoms with Crippen LogP contribution in [0.2, 0.25) is 0 Å². The third-order valence-electron chi connectivity index (χ3n) is 1.02. The number of esters is 1. The highest BCUT2D eigenvalue weighted by Gasteiger charge is 2.18. The second-order valence-corrected chi connectivity index (χ2v) is 4.73. The fraction of sp³-hybridized carbons (Fsp3) is 0.625. The summed E-state index contributed by atoms with van der Waals surface area (Å²) in [4.78, 5) is 32.8. The maximum Gasteiger partial charge on any atom is 0.445 e. The summed E-state index contributed by atoms with van der Waals surface area (Å²) in [6.45, 7) is 5.01. The van der Waals surface area contributed by atoms with E-state index >= 15 is 0 Å². The number of nitrogens with one attached hydrogen (secondary N) is 1. The van der Waals surface area contributed by atoms with Gasteiger partial charge in [-0.1, -0.05) is 0 Å². The van der Waals surface area contributed by atoms with E-state index in [-0.39, 0.29) is 0 Å². The van der Waals surface area contributed by atoms with Gasteiger partial charge in [-0.15, -0.1) is 5.09 Å². The zero-order valence-electron chi connectivity index (χ0n) is 9.07. The van der Waals surface area contributed by atoms with Crippen molar-refractivity contribution in [3.05, 3.63) is 0 Å². The van der Waals surface area contributed by atoms with E-state index in [1.54, 1.807) is 20.8 Å². The maximum atomic E-state index is 11.1. The molecular weight excluding hydrogens is 221 g/mol. The Morgan fingerprint density at radius 3 is 2.33 bits per heavy atom. The normalized spacial score (nSPS) is 11.9. The molecule has 0 fully saturated rings. The summed E-state index contributed by atoms with van der Waals surface area (Å²) < 4.78 is 9.05. The summed E-state index contributed by atoms with van der Waals surface area (Å²) in [5.41, 5.74) is -0.675. The molecular formula is C8H14NO5P. The van der Waals surface area contributed by atoms with E-state index < -0.39 is 25.6 Å². The highest BCUT2D eigenvalue weighted by molar-refractivity contribution is 7.50. The molecule has 6 nitrogen and oxygen atoms in total. The van der Waals surface area contributed by atoms with Gasteiger partial charge in [0.25, 0.3) is 0 Å². The summed E-state index contributed by atoms with van der Waals surface area (Å²) in [6.07, 6.45) is -0.844. The third kappa shape index (κ3) is 7.90. The van der Waals surface area contributed by atoms with Crippen molar-refractivity contribution in [1.29, 1.82) is 0 Å². The Morgan fingerprint density at radius 1 is 1.40 bits per heavy atom. The summed E-state index contributed by atoms with van der Waals surface area (Å²) in [7, 11) is -1.14. The third-order valence-corrected chi connectivity index (χ3v) is 1.87. The minimum absolute atomic E-state index is 0.675. The Balaban J connectivity index is 4.19. The molecule has 0 rings (SSSR count). The van der Waals surface area contributed by atoms with E-state index in [2.05, 4.69) is 4.74 Å². The lowest BCUT2D eigenvalue weighted by Gasteiger charge is -2.18. The van der Waals surface area contributed by atoms with E-state index in [9.17, 15) is 14.5 Å². The smallest absolute Gasteiger partial charge is 0.445 e. The Bertz CT molecular complexity index is 281. The van der Waals surface area contributed by atoms with E-state index in [0.717, 1.165) is 12.9 Å². The van der Waals surface area contributed by atoms with E-state index in [4.69, 9.17) is 4.74 Å². The van der Waals surface area contributed by atoms with Crippen molar-refractivity contribution >= 4 is 25.8 Å². The van der Waals surface area contributed by atoms with E-state index in [1.165, 1.54) is 0 Å². The van der Waals surface area contributed by atoms with Gasteiger partial charge in [0.05, 0.1) is 7.11 Å². The average Bonchev–Trinajstić information content (AvgIpc) is 1.99. The average molecular weight is 235 g/mol. The summed E-state index contributed by atoms with van der Waals surface area (Å²) in [5, 5.41) is 1.99. The van der Waals surface area contributed by atoms with Crippen LogP contribution >= 0.6 is 7.92 Å². The van der Waals surface area contributed by atoms with Crippen molar-refractivity contribution < 1.29 is 24.0 Å². The predicted octanol–water partition coefficient (Wildman–Crippen LogP) is 0.158. The molecule has 1 amide bonds. The molecule has 0 saturated heterocycles. The molecule has 15 heavy (non-hydrogen) atoms. The molecule has 1 N–H and O–H groups in total. The fourth-order valence-corrected chi connectivity index (χ4v) is 1.16. The second-order valence-electron chi connectivity index (χ2n) is 3.59. The minimum Gasteiger partial charge on any atom is -0.609 e. The van der Waals surface area contributed by atoms with Gasteiger partial charge in [0.1, 0.15) is 5.60 Å². The first-order valence-electron chi connectivity index (χ1n) is 4.13. The number of ether oxygens (including phenoxy) is 2. The van der Waals surface area contributed by atoms with Gasteiger partial charge < -0.3 is 14.4 Å². The molecule has 0 heterocycles. The topological polar surface area (TPSA) is 87.7 Å². The SMILES string of the molecule is COC(=O)C=[P+]([O-])NC(=O)OC(C)(C)C. The molecule has 7 heteroatoms. The van der Waals surface area contributed by atoms with Crippen LogP contribution < -0.4 is 9.98 Å². The molecule has 0 aromatic rings. The van der Waals surface area contributed by atoms with E-state index in [1.807, 2.05) is 5.09 Å². The van der Waals surface area contributed by atoms with Crippen LogP contribution in [0.4, 0.5) is 4.79 Å². The fourth-order valence-electron chi connectivity index (χ4n) is 0.572. The first-order chi connectivity index (χ1) is 6.74. The monoisotopic (exact) mass is 235 g/mol. The van der Waals surface area contributed by atoms with Gasteiger partial charge in [-0.05, 0) is 20.8 Å². The molecule has 0 aliphatic heterocycles. The molecule has 0 aliphatic rings. The molecule has 0 bridgehead atoms. The molecule has 1 atom stereocenters. The second kappa shape index (κ2) is 5.68. The lowest BCUT2D eigenvalue weighted by atomic mass is 10.2. The summed E-state index contributed by atoms with van der Waals surface area (Å²) >= 11 is 0. The summed E-state index contributed by atoms with van der Waals surface area (Å²) in [6, 6.07) is 0. The number of carbonyl (C=O) groups is 2. The van der Waals surface area contributed by atoms with Gasteiger partial charge in [0.2, 0.25) is 5.80 Å². The van der Waals surface area contributed by atoms with Crippen LogP contribution in [0, 0.1) is 0 Å². The molecule has 1 unspecified atom stereocenters. The van der Waals surface area contributed by atoms with Gasteiger partial charge in [0, 0.05) is 0 Å². The first-order valence-corrected chi connectivity index (χ1v) is 5.46. The lowest BCUT2D eigenvalue weighted by Crippen LogP contribution is -2.31. The van der Waals surface area contributed by atoms with Gasteiger partial charge in [-0.25, -0.2) is 9.59 Å². The van der Waals surface area contributed by atoms with Crippen LogP contribution in [-0.4, -0.2) is 30.6 Å². The van der Waals surface area contributed by atoms with Crippen molar-refractivity contribution in [2.45, 2.75) is 26.4 Å². The molecule has 0 aromatic carbocycles. The van der Waals surface area contributed by atoms with Crippen LogP contribution in [0.25, 0.3) is 0 Å². The quantitative estimate of drug-likeness (QED) is 0.544. The van der Waals surface area contributed by atoms with Crippen molar-refractivity contribution in [3.63, 3.8) is 0 Å². The lowest BCUT2D eigenvalue weighted by molar-refractivity contribution is -0.155. The highest BCUT2D eigenvalue weighted by atomic mass is 31.1. The minimum atomic E-state index is -2.29. The van der Waals surface area contributed by atoms with Gasteiger partial charge in [-0.3, -0.25) is 0 Å². The first kappa shape index (κ1) is 13.9. The largest absolute Gasteiger partial charge is 0.609 e. The molecule has 0 aromatic heterocycles. The number of hydrogen-bond acceptors (Lipinski definition) is 5. The number of carbonyl (C=O) groups excluding carboxylic acids is 2. The Hall–Kier alpha value is -1.13. The van der Waals surface area contributed by atoms with Crippen LogP contribution in [0.1, 0.15) is 20.8 Å². The molecule has 0 spiro atoms. The van der Waals surface area contributed by atoms with Gasteiger partial charge in [0.15, 0.2) is 7.92 Å². The summed E-state index contributed by atoms with van der Waals surface area (Å²) in [5.74, 6) is -0.00799. The molecule has 0 radical (unpaired) electrons. The number of methoxy groups -OCH3 is 1. The Kier molecular flexibility index (Phi) is 5.25. The number of amides is 1. The van der Waals surface area contributed by atoms with Crippen LogP contribution in [-0.2, 0) is 14.3 Å². The standard InChI is InChI=1S/C8H14NO5P/c1-8(2,3)14-7(11)9-15(12)5-6(10)13-4/h5H,1-4H3,(H,9,11). The van der Waals surface area contributed by atoms with Crippen molar-refractivity contribution in [3.8, 4) is 0 Å². The highest BCUT2D eigenvalue weighted by Crippen LogP contribution is 2.09. The van der Waals surface area contributed by atoms with Crippen LogP contribution in [0.5, 0.6) is 0 Å².